The third-order valence-electron chi connectivity index (χ3n) is 6.13. The molecule has 4 nitrogen and oxygen atoms in total. The summed E-state index contributed by atoms with van der Waals surface area (Å²) in [6, 6.07) is 0. The number of hydrogen-bond donors (Lipinski definition) is 0. The van der Waals surface area contributed by atoms with E-state index in [4.69, 9.17) is 0 Å². The fourth-order valence-electron chi connectivity index (χ4n) is 3.92. The molecule has 0 heterocycles. The smallest absolute Gasteiger partial charge is 0.550 e. The van der Waals surface area contributed by atoms with Gasteiger partial charge >= 0.3 is 59.1 Å². The van der Waals surface area contributed by atoms with Crippen LogP contribution in [0.3, 0.4) is 0 Å². The summed E-state index contributed by atoms with van der Waals surface area (Å²) in [5.74, 6) is -1.82. The molecule has 0 aromatic carbocycles. The van der Waals surface area contributed by atoms with Gasteiger partial charge in [0, 0.05) is 11.9 Å². The normalized spacial score (nSPS) is 10.3. The van der Waals surface area contributed by atoms with Crippen molar-refractivity contribution in [2.24, 2.45) is 0 Å². The molecule has 0 bridgehead atoms. The molecule has 0 aromatic rings. The first-order valence-electron chi connectivity index (χ1n) is 14.6. The van der Waals surface area contributed by atoms with E-state index in [1.54, 1.807) is 0 Å². The largest absolute Gasteiger partial charge is 1.00 e. The fourth-order valence-corrected chi connectivity index (χ4v) is 3.92. The number of hydrogen-bond acceptors (Lipinski definition) is 4. The van der Waals surface area contributed by atoms with E-state index >= 15 is 0 Å². The Hall–Kier alpha value is 0.680. The van der Waals surface area contributed by atoms with Crippen molar-refractivity contribution >= 4 is 11.9 Å². The quantitative estimate of drug-likeness (QED) is 0.102. The minimum atomic E-state index is -0.914. The maximum Gasteiger partial charge on any atom is 1.00 e. The SMILES string of the molecule is CCCCCCCC/C=C\CCCCCCCC(=O)[O-].CCCCCCCCCCCC(=O)[O-].[Na+].[Na+]. The van der Waals surface area contributed by atoms with Gasteiger partial charge in [-0.25, -0.2) is 0 Å². The first-order chi connectivity index (χ1) is 16.5. The van der Waals surface area contributed by atoms with Gasteiger partial charge in [-0.05, 0) is 51.4 Å². The maximum atomic E-state index is 10.2. The first-order valence-corrected chi connectivity index (χ1v) is 14.6. The number of carboxylic acid groups (broad SMARTS) is 2. The predicted molar refractivity (Wildman–Crippen MR) is 141 cm³/mol. The minimum absolute atomic E-state index is 0. The van der Waals surface area contributed by atoms with Crippen molar-refractivity contribution in [2.75, 3.05) is 0 Å². The Morgan fingerprint density at radius 2 is 0.694 bits per heavy atom. The van der Waals surface area contributed by atoms with Crippen LogP contribution in [0.5, 0.6) is 0 Å². The van der Waals surface area contributed by atoms with Crippen LogP contribution in [0.15, 0.2) is 12.2 Å². The Bertz CT molecular complexity index is 456. The second-order valence-corrected chi connectivity index (χ2v) is 9.66. The second kappa shape index (κ2) is 40.2. The monoisotopic (exact) mass is 526 g/mol. The zero-order valence-corrected chi connectivity index (χ0v) is 28.8. The summed E-state index contributed by atoms with van der Waals surface area (Å²) in [7, 11) is 0. The number of carbonyl (C=O) groups excluding carboxylic acids is 2. The Labute approximate surface area is 268 Å². The first kappa shape index (κ1) is 43.7. The van der Waals surface area contributed by atoms with Crippen LogP contribution in [0.4, 0.5) is 0 Å². The van der Waals surface area contributed by atoms with Gasteiger partial charge in [-0.15, -0.1) is 0 Å². The summed E-state index contributed by atoms with van der Waals surface area (Å²) in [5, 5.41) is 20.3. The van der Waals surface area contributed by atoms with Crippen LogP contribution >= 0.6 is 0 Å². The number of aliphatic carboxylic acids is 2. The van der Waals surface area contributed by atoms with Gasteiger partial charge in [-0.1, -0.05) is 129 Å². The van der Waals surface area contributed by atoms with Crippen LogP contribution in [-0.4, -0.2) is 11.9 Å². The standard InChI is InChI=1S/C18H34O2.C12H24O2.2Na/c1-2-3-4-5-6-7-8-9-10-11-12-13-14-15-16-17-18(19)20;1-2-3-4-5-6-7-8-9-10-11-12(13)14;;/h9-10H,2-8,11-17H2,1H3,(H,19,20);2-11H2,1H3,(H,13,14);;/q;;2*+1/p-2/b10-9-;;;. The van der Waals surface area contributed by atoms with Crippen molar-refractivity contribution in [3.63, 3.8) is 0 Å². The third kappa shape index (κ3) is 47.8. The number of unbranched alkanes of at least 4 members (excludes halogenated alkanes) is 19. The Morgan fingerprint density at radius 3 is 0.972 bits per heavy atom. The molecular weight excluding hydrogens is 470 g/mol. The van der Waals surface area contributed by atoms with Gasteiger partial charge in [0.25, 0.3) is 0 Å². The molecule has 0 aliphatic rings. The molecule has 0 aromatic heterocycles. The van der Waals surface area contributed by atoms with E-state index in [-0.39, 0.29) is 72.0 Å². The maximum absolute atomic E-state index is 10.2. The third-order valence-corrected chi connectivity index (χ3v) is 6.13. The number of carbonyl (C=O) groups is 2. The second-order valence-electron chi connectivity index (χ2n) is 9.66. The summed E-state index contributed by atoms with van der Waals surface area (Å²) < 4.78 is 0. The minimum Gasteiger partial charge on any atom is -0.550 e. The molecule has 36 heavy (non-hydrogen) atoms. The molecule has 6 heteroatoms. The van der Waals surface area contributed by atoms with Crippen LogP contribution in [0, 0.1) is 0 Å². The van der Waals surface area contributed by atoms with Gasteiger partial charge in [-0.2, -0.15) is 0 Å². The molecule has 0 spiro atoms. The van der Waals surface area contributed by atoms with Crippen LogP contribution < -0.4 is 69.3 Å². The van der Waals surface area contributed by atoms with Crippen LogP contribution in [0.2, 0.25) is 0 Å². The fraction of sp³-hybridized carbons (Fsp3) is 0.867. The van der Waals surface area contributed by atoms with Gasteiger partial charge in [-0.3, -0.25) is 0 Å². The topological polar surface area (TPSA) is 80.3 Å². The molecule has 0 rings (SSSR count). The molecule has 0 atom stereocenters. The van der Waals surface area contributed by atoms with Gasteiger partial charge in [0.15, 0.2) is 0 Å². The van der Waals surface area contributed by atoms with Crippen LogP contribution in [0.1, 0.15) is 168 Å². The zero-order chi connectivity index (χ0) is 25.5. The predicted octanol–water partition coefficient (Wildman–Crippen LogP) is 1.44. The summed E-state index contributed by atoms with van der Waals surface area (Å²) >= 11 is 0. The summed E-state index contributed by atoms with van der Waals surface area (Å²) in [5.41, 5.74) is 0. The Balaban J connectivity index is -0.000000285. The average Bonchev–Trinajstić information content (AvgIpc) is 2.80. The van der Waals surface area contributed by atoms with Gasteiger partial charge in [0.05, 0.1) is 0 Å². The summed E-state index contributed by atoms with van der Waals surface area (Å²) in [4.78, 5) is 20.3. The van der Waals surface area contributed by atoms with E-state index in [0.29, 0.717) is 0 Å². The Morgan fingerprint density at radius 1 is 0.444 bits per heavy atom. The molecular formula is C30H56Na2O4. The van der Waals surface area contributed by atoms with Crippen LogP contribution in [0.25, 0.3) is 0 Å². The molecule has 0 aliphatic heterocycles. The number of allylic oxidation sites excluding steroid dienone is 2. The van der Waals surface area contributed by atoms with Gasteiger partial charge in [0.1, 0.15) is 0 Å². The van der Waals surface area contributed by atoms with E-state index in [1.165, 1.54) is 109 Å². The molecule has 0 N–H and O–H groups in total. The van der Waals surface area contributed by atoms with E-state index in [2.05, 4.69) is 26.0 Å². The van der Waals surface area contributed by atoms with Crippen molar-refractivity contribution in [1.82, 2.24) is 0 Å². The van der Waals surface area contributed by atoms with Crippen molar-refractivity contribution in [2.45, 2.75) is 168 Å². The number of rotatable bonds is 25. The molecule has 0 radical (unpaired) electrons. The van der Waals surface area contributed by atoms with Crippen molar-refractivity contribution < 1.29 is 78.9 Å². The molecule has 202 valence electrons. The van der Waals surface area contributed by atoms with Crippen molar-refractivity contribution in [1.29, 1.82) is 0 Å². The van der Waals surface area contributed by atoms with E-state index in [9.17, 15) is 19.8 Å². The van der Waals surface area contributed by atoms with Crippen LogP contribution in [-0.2, 0) is 9.59 Å². The molecule has 0 aliphatic carbocycles. The average molecular weight is 527 g/mol. The molecule has 0 saturated heterocycles. The molecule has 0 unspecified atom stereocenters. The molecule has 0 saturated carbocycles. The zero-order valence-electron chi connectivity index (χ0n) is 24.8. The molecule has 0 fully saturated rings. The van der Waals surface area contributed by atoms with Crippen molar-refractivity contribution in [3.8, 4) is 0 Å². The van der Waals surface area contributed by atoms with E-state index in [0.717, 1.165) is 32.1 Å². The molecule has 0 amide bonds. The van der Waals surface area contributed by atoms with E-state index < -0.39 is 11.9 Å². The Kier molecular flexibility index (Phi) is 48.8. The van der Waals surface area contributed by atoms with Gasteiger partial charge in [0.2, 0.25) is 0 Å². The van der Waals surface area contributed by atoms with Gasteiger partial charge < -0.3 is 19.8 Å². The summed E-state index contributed by atoms with van der Waals surface area (Å²) in [6.45, 7) is 4.48. The number of carboxylic acids is 2. The van der Waals surface area contributed by atoms with Crippen molar-refractivity contribution in [3.05, 3.63) is 12.2 Å². The van der Waals surface area contributed by atoms with E-state index in [1.807, 2.05) is 0 Å². The summed E-state index contributed by atoms with van der Waals surface area (Å²) in [6.07, 6.45) is 32.1.